The fourth-order valence-corrected chi connectivity index (χ4v) is 5.44. The van der Waals surface area contributed by atoms with E-state index in [1.165, 1.54) is 6.08 Å². The molecule has 0 bridgehead atoms. The smallest absolute Gasteiger partial charge is 0.245 e. The van der Waals surface area contributed by atoms with Crippen molar-refractivity contribution in [3.63, 3.8) is 0 Å². The number of benzene rings is 2. The molecule has 1 saturated heterocycles. The zero-order valence-corrected chi connectivity index (χ0v) is 23.6. The summed E-state index contributed by atoms with van der Waals surface area (Å²) >= 11 is 3.49. The van der Waals surface area contributed by atoms with E-state index in [4.69, 9.17) is 0 Å². The standard InChI is InChI=1S/C31H33BrN2O4/c1-4-31(38)34-16-22(17-34)13-26(36)18-33-19-28(27-15-24(32)10-11-29(27)33)30(37)7-5-6-25(35)14-23-12-20(2)8-9-21(23)3/h4,8-12,15,19,22H,1,5-7,13-14,16-18H2,2-3H3. The van der Waals surface area contributed by atoms with Crippen molar-refractivity contribution in [2.24, 2.45) is 5.92 Å². The van der Waals surface area contributed by atoms with E-state index in [9.17, 15) is 19.2 Å². The Morgan fingerprint density at radius 2 is 1.79 bits per heavy atom. The number of rotatable bonds is 12. The Kier molecular flexibility index (Phi) is 8.77. The molecule has 38 heavy (non-hydrogen) atoms. The van der Waals surface area contributed by atoms with E-state index in [2.05, 4.69) is 22.5 Å². The molecular weight excluding hydrogens is 544 g/mol. The number of carbonyl (C=O) groups excluding carboxylic acids is 4. The average molecular weight is 578 g/mol. The summed E-state index contributed by atoms with van der Waals surface area (Å²) in [5.41, 5.74) is 4.68. The van der Waals surface area contributed by atoms with Gasteiger partial charge in [-0.2, -0.15) is 0 Å². The van der Waals surface area contributed by atoms with Crippen molar-refractivity contribution in [2.45, 2.75) is 52.5 Å². The van der Waals surface area contributed by atoms with Crippen molar-refractivity contribution in [1.82, 2.24) is 9.47 Å². The number of halogens is 1. The van der Waals surface area contributed by atoms with Gasteiger partial charge in [-0.05, 0) is 55.7 Å². The highest BCUT2D eigenvalue weighted by Gasteiger charge is 2.31. The second kappa shape index (κ2) is 12.0. The summed E-state index contributed by atoms with van der Waals surface area (Å²) < 4.78 is 2.70. The minimum Gasteiger partial charge on any atom is -0.339 e. The van der Waals surface area contributed by atoms with Gasteiger partial charge >= 0.3 is 0 Å². The molecule has 0 radical (unpaired) electrons. The van der Waals surface area contributed by atoms with Gasteiger partial charge in [0.2, 0.25) is 5.91 Å². The van der Waals surface area contributed by atoms with Crippen LogP contribution in [0.15, 0.2) is 59.7 Å². The number of aryl methyl sites for hydroxylation is 2. The number of amides is 1. The molecule has 1 aromatic heterocycles. The third kappa shape index (κ3) is 6.57. The van der Waals surface area contributed by atoms with Gasteiger partial charge in [0, 0.05) is 71.8 Å². The Morgan fingerprint density at radius 3 is 2.53 bits per heavy atom. The van der Waals surface area contributed by atoms with Crippen LogP contribution in [-0.4, -0.2) is 45.8 Å². The van der Waals surface area contributed by atoms with Crippen LogP contribution in [-0.2, 0) is 27.3 Å². The van der Waals surface area contributed by atoms with Gasteiger partial charge in [0.05, 0.1) is 6.54 Å². The zero-order chi connectivity index (χ0) is 27.4. The minimum atomic E-state index is -0.106. The van der Waals surface area contributed by atoms with Crippen molar-refractivity contribution in [3.05, 3.63) is 82.0 Å². The lowest BCUT2D eigenvalue weighted by Gasteiger charge is -2.38. The predicted molar refractivity (Wildman–Crippen MR) is 152 cm³/mol. The summed E-state index contributed by atoms with van der Waals surface area (Å²) in [5.74, 6) is 0.218. The first-order chi connectivity index (χ1) is 18.1. The molecule has 1 fully saturated rings. The van der Waals surface area contributed by atoms with E-state index in [0.717, 1.165) is 32.1 Å². The molecule has 1 aliphatic rings. The Labute approximate surface area is 231 Å². The quantitative estimate of drug-likeness (QED) is 0.202. The number of hydrogen-bond acceptors (Lipinski definition) is 4. The van der Waals surface area contributed by atoms with Crippen molar-refractivity contribution in [3.8, 4) is 0 Å². The second-order valence-electron chi connectivity index (χ2n) is 10.3. The van der Waals surface area contributed by atoms with E-state index in [1.54, 1.807) is 11.1 Å². The molecule has 6 nitrogen and oxygen atoms in total. The normalized spacial score (nSPS) is 13.4. The number of ketones is 3. The van der Waals surface area contributed by atoms with E-state index in [1.807, 2.05) is 54.8 Å². The molecule has 0 aliphatic carbocycles. The Hall–Kier alpha value is -3.32. The Bertz CT molecular complexity index is 1410. The summed E-state index contributed by atoms with van der Waals surface area (Å²) in [6.45, 7) is 8.84. The summed E-state index contributed by atoms with van der Waals surface area (Å²) in [7, 11) is 0. The molecule has 0 atom stereocenters. The van der Waals surface area contributed by atoms with Crippen LogP contribution in [0.25, 0.3) is 10.9 Å². The number of aromatic nitrogens is 1. The van der Waals surface area contributed by atoms with Crippen LogP contribution < -0.4 is 0 Å². The summed E-state index contributed by atoms with van der Waals surface area (Å²) in [4.78, 5) is 51.9. The molecule has 198 valence electrons. The highest BCUT2D eigenvalue weighted by Crippen LogP contribution is 2.28. The molecule has 7 heteroatoms. The lowest BCUT2D eigenvalue weighted by Crippen LogP contribution is -2.50. The van der Waals surface area contributed by atoms with Crippen LogP contribution in [0.4, 0.5) is 0 Å². The largest absolute Gasteiger partial charge is 0.339 e. The van der Waals surface area contributed by atoms with Gasteiger partial charge < -0.3 is 9.47 Å². The van der Waals surface area contributed by atoms with Crippen LogP contribution >= 0.6 is 15.9 Å². The molecule has 1 amide bonds. The molecule has 2 heterocycles. The van der Waals surface area contributed by atoms with Gasteiger partial charge in [-0.15, -0.1) is 0 Å². The minimum absolute atomic E-state index is 0.0311. The van der Waals surface area contributed by atoms with E-state index >= 15 is 0 Å². The maximum atomic E-state index is 13.2. The highest BCUT2D eigenvalue weighted by molar-refractivity contribution is 9.10. The lowest BCUT2D eigenvalue weighted by atomic mass is 9.94. The number of carbonyl (C=O) groups is 4. The van der Waals surface area contributed by atoms with Gasteiger partial charge in [-0.1, -0.05) is 46.3 Å². The van der Waals surface area contributed by atoms with Crippen molar-refractivity contribution in [1.29, 1.82) is 0 Å². The van der Waals surface area contributed by atoms with Gasteiger partial charge in [0.1, 0.15) is 5.78 Å². The summed E-state index contributed by atoms with van der Waals surface area (Å²) in [6, 6.07) is 11.8. The fraction of sp³-hybridized carbons (Fsp3) is 0.355. The van der Waals surface area contributed by atoms with Crippen LogP contribution in [0, 0.1) is 19.8 Å². The Balaban J connectivity index is 1.37. The van der Waals surface area contributed by atoms with Crippen LogP contribution in [0.2, 0.25) is 0 Å². The first-order valence-corrected chi connectivity index (χ1v) is 13.8. The van der Waals surface area contributed by atoms with Gasteiger partial charge in [0.15, 0.2) is 11.6 Å². The molecule has 1 aliphatic heterocycles. The monoisotopic (exact) mass is 576 g/mol. The number of likely N-dealkylation sites (tertiary alicyclic amines) is 1. The van der Waals surface area contributed by atoms with Crippen molar-refractivity contribution < 1.29 is 19.2 Å². The van der Waals surface area contributed by atoms with Gasteiger partial charge in [-0.3, -0.25) is 19.2 Å². The third-order valence-electron chi connectivity index (χ3n) is 7.20. The van der Waals surface area contributed by atoms with Crippen LogP contribution in [0.3, 0.4) is 0 Å². The lowest BCUT2D eigenvalue weighted by molar-refractivity contribution is -0.134. The molecule has 0 N–H and O–H groups in total. The molecule has 3 aromatic rings. The molecule has 4 rings (SSSR count). The predicted octanol–water partition coefficient (Wildman–Crippen LogP) is 5.79. The molecule has 0 saturated carbocycles. The average Bonchev–Trinajstić information content (AvgIpc) is 3.20. The topological polar surface area (TPSA) is 76.5 Å². The number of Topliss-reactive ketones (excluding diaryl/α,β-unsaturated/α-hetero) is 3. The van der Waals surface area contributed by atoms with E-state index < -0.39 is 0 Å². The van der Waals surface area contributed by atoms with E-state index in [-0.39, 0.29) is 42.1 Å². The molecule has 0 unspecified atom stereocenters. The first-order valence-electron chi connectivity index (χ1n) is 13.0. The molecule has 2 aromatic carbocycles. The molecule has 0 spiro atoms. The first kappa shape index (κ1) is 27.7. The van der Waals surface area contributed by atoms with Crippen LogP contribution in [0.1, 0.15) is 52.7 Å². The van der Waals surface area contributed by atoms with Crippen molar-refractivity contribution in [2.75, 3.05) is 13.1 Å². The Morgan fingerprint density at radius 1 is 1.03 bits per heavy atom. The van der Waals surface area contributed by atoms with E-state index in [0.29, 0.717) is 44.3 Å². The third-order valence-corrected chi connectivity index (χ3v) is 7.70. The maximum Gasteiger partial charge on any atom is 0.245 e. The number of nitrogens with zero attached hydrogens (tertiary/aromatic N) is 2. The maximum absolute atomic E-state index is 13.2. The van der Waals surface area contributed by atoms with Crippen LogP contribution in [0.5, 0.6) is 0 Å². The molecular formula is C31H33BrN2O4. The second-order valence-corrected chi connectivity index (χ2v) is 11.2. The number of hydrogen-bond donors (Lipinski definition) is 0. The number of fused-ring (bicyclic) bond motifs is 1. The summed E-state index contributed by atoms with van der Waals surface area (Å²) in [6.07, 6.45) is 4.95. The van der Waals surface area contributed by atoms with Gasteiger partial charge in [0.25, 0.3) is 0 Å². The highest BCUT2D eigenvalue weighted by atomic mass is 79.9. The van der Waals surface area contributed by atoms with Crippen molar-refractivity contribution >= 4 is 50.1 Å². The zero-order valence-electron chi connectivity index (χ0n) is 22.0. The van der Waals surface area contributed by atoms with Gasteiger partial charge in [-0.25, -0.2) is 0 Å². The fourth-order valence-electron chi connectivity index (χ4n) is 5.08. The summed E-state index contributed by atoms with van der Waals surface area (Å²) in [5, 5.41) is 0.797. The SMILES string of the molecule is C=CC(=O)N1CC(CC(=O)Cn2cc(C(=O)CCCC(=O)Cc3cc(C)ccc3C)c3cc(Br)ccc32)C1.